The number of β-amino-alcohol motifs (C(OH)–C–C–N with tert-alkyl or cyclic N) is 1. The summed E-state index contributed by atoms with van der Waals surface area (Å²) in [6.07, 6.45) is -0.415. The maximum Gasteiger partial charge on any atom is 0.306 e. The Morgan fingerprint density at radius 2 is 1.66 bits per heavy atom. The van der Waals surface area contributed by atoms with Crippen LogP contribution in [0.2, 0.25) is 0 Å². The molecule has 7 heterocycles. The lowest BCUT2D eigenvalue weighted by Crippen LogP contribution is -2.57. The first kappa shape index (κ1) is 54.6. The monoisotopic (exact) mass is 1110 g/mol. The van der Waals surface area contributed by atoms with E-state index in [0.29, 0.717) is 53.6 Å². The Labute approximate surface area is 465 Å². The number of carbonyl (C=O) groups excluding carboxylic acids is 4. The highest BCUT2D eigenvalue weighted by molar-refractivity contribution is 7.15. The van der Waals surface area contributed by atoms with E-state index in [2.05, 4.69) is 49.9 Å². The van der Waals surface area contributed by atoms with Crippen molar-refractivity contribution in [2.75, 3.05) is 37.7 Å². The molecule has 7 aromatic rings. The van der Waals surface area contributed by atoms with Gasteiger partial charge in [0.2, 0.25) is 17.7 Å². The highest BCUT2D eigenvalue weighted by Crippen LogP contribution is 2.40. The van der Waals surface area contributed by atoms with Gasteiger partial charge in [-0.15, -0.1) is 32.9 Å². The molecule has 3 aliphatic heterocycles. The number of hydrogen-bond donors (Lipinski definition) is 5. The normalized spacial score (nSPS) is 18.8. The number of aliphatic hydroxyl groups is 1. The van der Waals surface area contributed by atoms with Crippen LogP contribution >= 0.6 is 22.7 Å². The summed E-state index contributed by atoms with van der Waals surface area (Å²) in [7, 11) is 0. The van der Waals surface area contributed by atoms with Crippen LogP contribution < -0.4 is 25.6 Å². The Kier molecular flexibility index (Phi) is 15.3. The molecular weight excluding hydrogens is 1040 g/mol. The summed E-state index contributed by atoms with van der Waals surface area (Å²) in [5, 5.41) is 39.7. The fraction of sp³-hybridized carbons (Fsp3) is 0.397. The van der Waals surface area contributed by atoms with E-state index in [1.807, 2.05) is 100 Å². The third-order valence-electron chi connectivity index (χ3n) is 15.1. The molecule has 19 nitrogen and oxygen atoms in total. The zero-order valence-electron chi connectivity index (χ0n) is 45.3. The van der Waals surface area contributed by atoms with E-state index in [9.17, 15) is 34.2 Å². The summed E-state index contributed by atoms with van der Waals surface area (Å²) in [5.41, 5.74) is 8.86. The standard InChI is InChI=1S/C58H64N10O9S2/c1-30-33(4)79-57-48(30)49(62-43(26-47(70)71)52-65-64-34(5)68(52)57)36-13-15-40(16-14-36)66-21-19-38(27-66)53(72)59-20-22-76-42-17-18-45-39(23-42)24-46(77-45)55(74)63-51(58(6,7)8)56(75)67-28-41(69)25-44(67)54(73)61-31(2)35-9-11-37(12-10-35)50-32(3)60-29-78-50/h9-18,23-24,29,31,38,41,43-44,51,69H,19-22,25-28H2,1-8H3,(H,59,72)(H,61,73)(H,63,74)(H,70,71)/t31?,38?,41-,43+,44+,51?/m1/s1. The SMILES string of the molecule is Cc1ncsc1-c1ccc(C(C)NC(=O)[C@@H]2C[C@@H](O)CN2C(=O)C(NC(=O)c2cc3cc(OCCNC(=O)C4CCN(c5ccc(C6=N[C@@H](CC(=O)O)c7nnc(C)n7-c7sc(C)c(C)c76)cc5)C4)ccc3o2)C(C)(C)C)cc1. The number of anilines is 1. The Morgan fingerprint density at radius 3 is 2.37 bits per heavy atom. The Balaban J connectivity index is 0.716. The molecule has 3 unspecified atom stereocenters. The van der Waals surface area contributed by atoms with E-state index >= 15 is 0 Å². The zero-order chi connectivity index (χ0) is 56.0. The van der Waals surface area contributed by atoms with E-state index < -0.39 is 53.3 Å². The van der Waals surface area contributed by atoms with E-state index in [1.165, 1.54) is 4.90 Å². The molecule has 10 rings (SSSR count). The van der Waals surface area contributed by atoms with Gasteiger partial charge in [-0.2, -0.15) is 0 Å². The number of likely N-dealkylation sites (tertiary alicyclic amines) is 1. The fourth-order valence-corrected chi connectivity index (χ4v) is 12.7. The Morgan fingerprint density at radius 1 is 0.911 bits per heavy atom. The molecule has 2 fully saturated rings. The van der Waals surface area contributed by atoms with Crippen molar-refractivity contribution < 1.29 is 43.3 Å². The summed E-state index contributed by atoms with van der Waals surface area (Å²) in [6.45, 7) is 16.9. The third-order valence-corrected chi connectivity index (χ3v) is 17.3. The van der Waals surface area contributed by atoms with Gasteiger partial charge in [-0.05, 0) is 99.5 Å². The number of aliphatic imine (C=N–C) groups is 1. The molecule has 2 saturated heterocycles. The van der Waals surface area contributed by atoms with Crippen molar-refractivity contribution in [2.24, 2.45) is 16.3 Å². The Bertz CT molecular complexity index is 3500. The molecular formula is C58H64N10O9S2. The predicted octanol–water partition coefficient (Wildman–Crippen LogP) is 7.80. The minimum absolute atomic E-state index is 0.0201. The zero-order valence-corrected chi connectivity index (χ0v) is 47.0. The topological polar surface area (TPSA) is 247 Å². The number of carbonyl (C=O) groups is 5. The number of aliphatic carboxylic acids is 1. The number of fused-ring (bicyclic) bond motifs is 4. The second-order valence-corrected chi connectivity index (χ2v) is 23.8. The van der Waals surface area contributed by atoms with Crippen molar-refractivity contribution in [3.63, 3.8) is 0 Å². The van der Waals surface area contributed by atoms with Gasteiger partial charge in [0.1, 0.15) is 46.9 Å². The molecule has 0 spiro atoms. The average molecular weight is 1110 g/mol. The van der Waals surface area contributed by atoms with E-state index in [1.54, 1.807) is 46.9 Å². The molecule has 412 valence electrons. The van der Waals surface area contributed by atoms with Crippen molar-refractivity contribution in [1.82, 2.24) is 40.6 Å². The number of nitrogens with one attached hydrogen (secondary N) is 3. The van der Waals surface area contributed by atoms with Gasteiger partial charge in [0, 0.05) is 53.1 Å². The van der Waals surface area contributed by atoms with E-state index in [0.717, 1.165) is 54.0 Å². The predicted molar refractivity (Wildman–Crippen MR) is 301 cm³/mol. The molecule has 4 aromatic heterocycles. The lowest BCUT2D eigenvalue weighted by molar-refractivity contribution is -0.142. The minimum atomic E-state index is -1.07. The average Bonchev–Trinajstić information content (AvgIpc) is 4.47. The van der Waals surface area contributed by atoms with Gasteiger partial charge in [-0.3, -0.25) is 33.5 Å². The van der Waals surface area contributed by atoms with Crippen molar-refractivity contribution >= 4 is 74.6 Å². The van der Waals surface area contributed by atoms with Crippen molar-refractivity contribution in [1.29, 1.82) is 0 Å². The number of carboxylic acid groups (broad SMARTS) is 1. The van der Waals surface area contributed by atoms with Crippen LogP contribution in [-0.2, 0) is 19.2 Å². The second-order valence-electron chi connectivity index (χ2n) is 21.7. The number of carboxylic acids is 1. The van der Waals surface area contributed by atoms with Crippen molar-refractivity contribution in [3.8, 4) is 21.2 Å². The number of thiophene rings is 1. The van der Waals surface area contributed by atoms with Gasteiger partial charge in [0.05, 0.1) is 52.8 Å². The molecule has 0 bridgehead atoms. The molecule has 5 N–H and O–H groups in total. The van der Waals surface area contributed by atoms with Gasteiger partial charge in [-0.1, -0.05) is 57.2 Å². The first-order valence-corrected chi connectivity index (χ1v) is 28.1. The van der Waals surface area contributed by atoms with Gasteiger partial charge >= 0.3 is 5.97 Å². The summed E-state index contributed by atoms with van der Waals surface area (Å²) in [6, 6.07) is 19.5. The Hall–Kier alpha value is -7.75. The summed E-state index contributed by atoms with van der Waals surface area (Å²) in [5.74, 6) is -1.12. The first-order chi connectivity index (χ1) is 37.7. The summed E-state index contributed by atoms with van der Waals surface area (Å²) < 4.78 is 13.9. The van der Waals surface area contributed by atoms with Crippen molar-refractivity contribution in [3.05, 3.63) is 129 Å². The molecule has 79 heavy (non-hydrogen) atoms. The van der Waals surface area contributed by atoms with Crippen LogP contribution in [0.25, 0.3) is 26.4 Å². The van der Waals surface area contributed by atoms with Crippen LogP contribution in [0.1, 0.15) is 114 Å². The molecule has 0 radical (unpaired) electrons. The highest BCUT2D eigenvalue weighted by Gasteiger charge is 2.45. The lowest BCUT2D eigenvalue weighted by atomic mass is 9.85. The number of benzene rings is 3. The molecule has 21 heteroatoms. The second kappa shape index (κ2) is 22.2. The van der Waals surface area contributed by atoms with Crippen LogP contribution in [0.3, 0.4) is 0 Å². The van der Waals surface area contributed by atoms with Crippen LogP contribution in [0.15, 0.2) is 87.7 Å². The van der Waals surface area contributed by atoms with Gasteiger partial charge in [-0.25, -0.2) is 4.98 Å². The van der Waals surface area contributed by atoms with Gasteiger partial charge in [0.15, 0.2) is 11.6 Å². The number of hydrogen-bond acceptors (Lipinski definition) is 15. The number of aryl methyl sites for hydroxylation is 3. The molecule has 3 aliphatic rings. The molecule has 6 atom stereocenters. The van der Waals surface area contributed by atoms with Gasteiger partial charge < -0.3 is 45.1 Å². The minimum Gasteiger partial charge on any atom is -0.492 e. The molecule has 0 saturated carbocycles. The fourth-order valence-electron chi connectivity index (χ4n) is 10.7. The first-order valence-electron chi connectivity index (χ1n) is 26.4. The smallest absolute Gasteiger partial charge is 0.306 e. The van der Waals surface area contributed by atoms with Gasteiger partial charge in [0.25, 0.3) is 5.91 Å². The third kappa shape index (κ3) is 11.3. The molecule has 0 aliphatic carbocycles. The van der Waals surface area contributed by atoms with Crippen LogP contribution in [0, 0.1) is 39.0 Å². The number of aliphatic hydroxyl groups excluding tert-OH is 1. The van der Waals surface area contributed by atoms with Crippen molar-refractivity contribution in [2.45, 2.75) is 105 Å². The number of nitrogens with zero attached hydrogens (tertiary/aromatic N) is 7. The van der Waals surface area contributed by atoms with Crippen LogP contribution in [0.4, 0.5) is 5.69 Å². The number of ether oxygens (including phenoxy) is 1. The van der Waals surface area contributed by atoms with E-state index in [4.69, 9.17) is 14.1 Å². The molecule has 3 aromatic carbocycles. The largest absolute Gasteiger partial charge is 0.492 e. The van der Waals surface area contributed by atoms with Crippen LogP contribution in [-0.4, -0.2) is 121 Å². The number of rotatable bonds is 16. The number of thiazole rings is 1. The lowest BCUT2D eigenvalue weighted by Gasteiger charge is -2.35. The quantitative estimate of drug-likeness (QED) is 0.0581. The van der Waals surface area contributed by atoms with E-state index in [-0.39, 0.29) is 56.2 Å². The summed E-state index contributed by atoms with van der Waals surface area (Å²) in [4.78, 5) is 82.6. The summed E-state index contributed by atoms with van der Waals surface area (Å²) >= 11 is 3.18. The highest BCUT2D eigenvalue weighted by atomic mass is 32.1. The number of aromatic nitrogens is 4. The molecule has 4 amide bonds. The van der Waals surface area contributed by atoms with Crippen LogP contribution in [0.5, 0.6) is 5.75 Å². The number of furan rings is 1. The number of amides is 4. The maximum absolute atomic E-state index is 14.4. The maximum atomic E-state index is 14.4.